The average molecular weight is 1620 g/mol. The molecular weight excluding hydrogens is 1470 g/mol. The third-order valence-corrected chi connectivity index (χ3v) is 18.2. The zero-order valence-electron chi connectivity index (χ0n) is 109. The molecule has 7 aliphatic carbocycles. The second kappa shape index (κ2) is 38.4. The van der Waals surface area contributed by atoms with E-state index < -0.39 is 421 Å². The van der Waals surface area contributed by atoms with Crippen LogP contribution in [0.3, 0.4) is 0 Å². The lowest BCUT2D eigenvalue weighted by Gasteiger charge is -2.32. The topological polar surface area (TPSA) is 302 Å². The maximum Gasteiger partial charge on any atom is 0.157 e. The van der Waals surface area contributed by atoms with Crippen LogP contribution in [0.15, 0.2) is 169 Å². The van der Waals surface area contributed by atoms with Crippen LogP contribution in [0.25, 0.3) is 0 Å². The number of benzene rings is 7. The van der Waals surface area contributed by atoms with E-state index in [0.29, 0.717) is 6.42 Å². The van der Waals surface area contributed by atoms with Crippen molar-refractivity contribution in [2.45, 2.75) is 218 Å². The summed E-state index contributed by atoms with van der Waals surface area (Å²) in [4.78, 5) is 87.1. The SMILES string of the molecule is [2H]c1c([2H])c([2H])c(C2(N)C(=O)C([2H])([2H])CCC2([2H])[2H])c(Cl)c1[2H].[2H]c1c([2H])c([2H])c(C2(N)C(=O)CCCC2([2H])[2H])c(Cl)c1[2H].[2H]c1c([2H])c([2H])c(C2(N)CC([2H])([2H])C([2H])([2H])C([2H])([2H])C2=O)c(Cl)c1[2H].[2H]c1c([2H])c([2H])c(C2(N)CC([2H])([2H])C([2H])([2H])CC2=O)c(Cl)c1[2H].[2H]c1c([2H])c([2H])c(C2(N)CC([2H])([2H])CC([2H])([2H])C2=O)c(Cl)c1[2H].[2H]c1c([2H])c([2H])c(C2(N)CC([2H])([2H])CCC2=O)c(Cl)c1[2H].[2H]c1c([2H])c([2H])c(C2(N)CCC([2H])([2H])C([2H])([2H])C2=O)c(Cl)c1[2H]. The normalized spacial score (nSPS) is 40.3. The predicted octanol–water partition coefficient (Wildman–Crippen LogP) is 18.5. The molecular formula is C84H98Cl7N7O7. The lowest BCUT2D eigenvalue weighted by atomic mass is 9.76. The van der Waals surface area contributed by atoms with Gasteiger partial charge in [-0.1, -0.05) is 253 Å². The molecule has 0 saturated heterocycles. The van der Waals surface area contributed by atoms with Crippen LogP contribution in [0.5, 0.6) is 0 Å². The second-order valence-corrected chi connectivity index (χ2v) is 25.7. The highest BCUT2D eigenvalue weighted by molar-refractivity contribution is 6.34. The molecule has 14 N–H and O–H groups in total. The van der Waals surface area contributed by atoms with Crippen molar-refractivity contribution >= 4 is 122 Å². The molecule has 0 aliphatic heterocycles. The van der Waals surface area contributed by atoms with Crippen LogP contribution in [0.1, 0.15) is 292 Å². The Bertz CT molecular complexity index is 6920. The maximum atomic E-state index is 12.7. The van der Waals surface area contributed by atoms with Crippen LogP contribution in [-0.4, -0.2) is 40.5 Å². The summed E-state index contributed by atoms with van der Waals surface area (Å²) in [7, 11) is 0. The molecule has 7 saturated carbocycles. The highest BCUT2D eigenvalue weighted by Gasteiger charge is 2.45. The Morgan fingerprint density at radius 1 is 0.238 bits per heavy atom. The second-order valence-electron chi connectivity index (χ2n) is 23.1. The molecule has 7 fully saturated rings. The lowest BCUT2D eigenvalue weighted by Crippen LogP contribution is -2.47. The number of ketones is 7. The van der Waals surface area contributed by atoms with E-state index in [1.807, 2.05) is 0 Å². The number of carbonyl (C=O) groups excluding carboxylic acids is 7. The van der Waals surface area contributed by atoms with Crippen LogP contribution in [-0.2, 0) is 72.3 Å². The van der Waals surface area contributed by atoms with Gasteiger partial charge in [-0.25, -0.2) is 0 Å². The number of hydrogen-bond donors (Lipinski definition) is 7. The van der Waals surface area contributed by atoms with E-state index in [-0.39, 0.29) is 73.9 Å². The summed E-state index contributed by atoms with van der Waals surface area (Å²) in [5, 5.41) is -3.34. The molecule has 7 aromatic carbocycles. The van der Waals surface area contributed by atoms with Gasteiger partial charge in [0.25, 0.3) is 0 Å². The largest absolute Gasteiger partial charge is 0.315 e. The average Bonchev–Trinajstić information content (AvgIpc) is 0.682. The van der Waals surface area contributed by atoms with Gasteiger partial charge < -0.3 is 40.1 Å². The fraction of sp³-hybridized carbons (Fsp3) is 0.417. The van der Waals surface area contributed by atoms with Gasteiger partial charge in [0.05, 0.1) is 38.4 Å². The van der Waals surface area contributed by atoms with Crippen molar-refractivity contribution in [2.75, 3.05) is 0 Å². The Hall–Kier alpha value is -6.02. The molecule has 14 rings (SSSR count). The highest BCUT2D eigenvalue weighted by Crippen LogP contribution is 2.42. The molecule has 14 nitrogen and oxygen atoms in total. The molecule has 7 unspecified atom stereocenters. The van der Waals surface area contributed by atoms with Gasteiger partial charge >= 0.3 is 0 Å². The Balaban J connectivity index is 0.000000225. The van der Waals surface area contributed by atoms with Crippen LogP contribution in [0.4, 0.5) is 0 Å². The van der Waals surface area contributed by atoms with Crippen molar-refractivity contribution < 1.29 is 108 Å². The molecule has 0 bridgehead atoms. The zero-order valence-corrected chi connectivity index (χ0v) is 59.9. The summed E-state index contributed by atoms with van der Waals surface area (Å²) in [5.41, 5.74) is 23.3. The van der Waals surface area contributed by atoms with E-state index in [2.05, 4.69) is 0 Å². The van der Waals surface area contributed by atoms with Crippen molar-refractivity contribution in [3.63, 3.8) is 0 Å². The number of hydrogen-bond acceptors (Lipinski definition) is 14. The standard InChI is InChI=1S/7C12H14ClNO/c7*13-10-6-2-1-5-9(10)12(14)8-4-3-7-11(12)15/h7*1-2,5-6H,3-4,7-8,14H2/i1D,2D,3D2,4D2,5D,6D,7D2;1D,2D,5D,6D,7D2,8D2;1D,2D,4D2,5D,6D,7D2;1D,2D,3D2,5D,6D,7D2;1D,2D,3D2,4D2,5D,6D;1D,2D,5D,6D,8D2;1D,2D,4D2,5D,6D. The number of Topliss-reactive ketones (excluding diaryl/α,β-unsaturated/α-hetero) is 7. The van der Waals surface area contributed by atoms with Crippen LogP contribution < -0.4 is 40.1 Å². The van der Waals surface area contributed by atoms with Crippen LogP contribution in [0, 0.1) is 0 Å². The van der Waals surface area contributed by atoms with Gasteiger partial charge in [0, 0.05) is 116 Å². The zero-order chi connectivity index (χ0) is 124. The van der Waals surface area contributed by atoms with Crippen LogP contribution >= 0.6 is 81.2 Å². The smallest absolute Gasteiger partial charge is 0.157 e. The van der Waals surface area contributed by atoms with Crippen molar-refractivity contribution in [3.8, 4) is 0 Å². The minimum Gasteiger partial charge on any atom is -0.315 e. The predicted molar refractivity (Wildman–Crippen MR) is 426 cm³/mol. The molecule has 560 valence electrons. The van der Waals surface area contributed by atoms with E-state index in [1.54, 1.807) is 0 Å². The van der Waals surface area contributed by atoms with Gasteiger partial charge in [-0.2, -0.15) is 0 Å². The van der Waals surface area contributed by atoms with Crippen LogP contribution in [0.2, 0.25) is 35.2 Å². The Labute approximate surface area is 729 Å². The number of rotatable bonds is 7. The number of carbonyl (C=O) groups is 7. The van der Waals surface area contributed by atoms with Gasteiger partial charge in [-0.05, 0) is 171 Å². The number of nitrogens with two attached hydrogens (primary N) is 7. The summed E-state index contributed by atoms with van der Waals surface area (Å²) >= 11 is 41.8. The molecule has 0 spiro atoms. The summed E-state index contributed by atoms with van der Waals surface area (Å²) < 4.78 is 419. The molecule has 0 radical (unpaired) electrons. The molecule has 0 aromatic heterocycles. The van der Waals surface area contributed by atoms with E-state index in [9.17, 15) is 33.6 Å². The van der Waals surface area contributed by atoms with Crippen molar-refractivity contribution in [1.29, 1.82) is 0 Å². The monoisotopic (exact) mass is 1620 g/mol. The molecule has 105 heavy (non-hydrogen) atoms. The minimum absolute atomic E-state index is 0.0221. The summed E-state index contributed by atoms with van der Waals surface area (Å²) in [6.45, 7) is 0. The van der Waals surface area contributed by atoms with Crippen molar-refractivity contribution in [1.82, 2.24) is 0 Å². The first-order valence-corrected chi connectivity index (χ1v) is 33.5. The van der Waals surface area contributed by atoms with E-state index in [1.165, 1.54) is 0 Å². The molecule has 21 heteroatoms. The quantitative estimate of drug-likeness (QED) is 0.0781. The summed E-state index contributed by atoms with van der Waals surface area (Å²) in [6.07, 6.45) is -38.4. The first-order valence-electron chi connectivity index (χ1n) is 57.8. The van der Waals surface area contributed by atoms with Gasteiger partial charge in [-0.3, -0.25) is 33.6 Å². The van der Waals surface area contributed by atoms with E-state index >= 15 is 0 Å². The van der Waals surface area contributed by atoms with Gasteiger partial charge in [0.2, 0.25) is 0 Å². The van der Waals surface area contributed by atoms with Gasteiger partial charge in [-0.15, -0.1) is 0 Å². The fourth-order valence-electron chi connectivity index (χ4n) is 10.3. The molecule has 7 atom stereocenters. The minimum atomic E-state index is -3.34. The van der Waals surface area contributed by atoms with Gasteiger partial charge in [0.15, 0.2) is 40.5 Å². The highest BCUT2D eigenvalue weighted by atomic mass is 35.5. The van der Waals surface area contributed by atoms with Crippen molar-refractivity contribution in [3.05, 3.63) is 243 Å². The third-order valence-electron chi connectivity index (χ3n) is 16.2. The number of halogens is 7. The first-order chi connectivity index (χ1) is 71.2. The Morgan fingerprint density at radius 2 is 0.495 bits per heavy atom. The maximum absolute atomic E-state index is 12.7. The molecule has 0 amide bonds. The third kappa shape index (κ3) is 20.3. The lowest BCUT2D eigenvalue weighted by molar-refractivity contribution is -0.127. The van der Waals surface area contributed by atoms with E-state index in [4.69, 9.17) is 195 Å². The van der Waals surface area contributed by atoms with E-state index in [0.717, 1.165) is 0 Å². The summed E-state index contributed by atoms with van der Waals surface area (Å²) in [6, 6.07) is -17.3. The fourth-order valence-corrected chi connectivity index (χ4v) is 12.1. The van der Waals surface area contributed by atoms with Crippen molar-refractivity contribution in [2.24, 2.45) is 40.1 Å². The first kappa shape index (κ1) is 37.1. The molecule has 0 heterocycles. The van der Waals surface area contributed by atoms with Gasteiger partial charge in [0.1, 0.15) is 38.8 Å². The molecule has 7 aromatic rings. The summed E-state index contributed by atoms with van der Waals surface area (Å²) in [5.74, 6) is -7.18. The Kier molecular flexibility index (Phi) is 13.6. The Morgan fingerprint density at radius 3 is 0.905 bits per heavy atom. The molecule has 7 aliphatic rings.